The molecule has 2 heterocycles. The van der Waals surface area contributed by atoms with Crippen LogP contribution >= 0.6 is 11.3 Å². The van der Waals surface area contributed by atoms with Crippen LogP contribution in [-0.4, -0.2) is 20.2 Å². The van der Waals surface area contributed by atoms with Crippen LogP contribution < -0.4 is 10.1 Å². The van der Waals surface area contributed by atoms with Gasteiger partial charge in [0.25, 0.3) is 0 Å². The van der Waals surface area contributed by atoms with Gasteiger partial charge in [0.15, 0.2) is 0 Å². The van der Waals surface area contributed by atoms with Crippen molar-refractivity contribution < 1.29 is 4.74 Å². The zero-order valence-electron chi connectivity index (χ0n) is 10.7. The third-order valence-electron chi connectivity index (χ3n) is 3.78. The van der Waals surface area contributed by atoms with Crippen LogP contribution in [0.1, 0.15) is 18.4 Å². The van der Waals surface area contributed by atoms with Gasteiger partial charge >= 0.3 is 0 Å². The second-order valence-electron chi connectivity index (χ2n) is 5.01. The summed E-state index contributed by atoms with van der Waals surface area (Å²) in [5, 5.41) is 6.89. The van der Waals surface area contributed by atoms with Gasteiger partial charge < -0.3 is 10.1 Å². The highest BCUT2D eigenvalue weighted by molar-refractivity contribution is 7.17. The molecule has 2 aromatic rings. The fourth-order valence-corrected chi connectivity index (χ4v) is 3.66. The molecule has 1 aromatic heterocycles. The molecule has 1 aliphatic rings. The predicted molar refractivity (Wildman–Crippen MR) is 77.7 cm³/mol. The van der Waals surface area contributed by atoms with Gasteiger partial charge in [0.05, 0.1) is 7.11 Å². The standard InChI is InChI=1S/C15H19NOS/c1-17-15-12(9-11-3-2-7-16-10-11)4-5-14-13(15)6-8-18-14/h4-6,8,11,16H,2-3,7,9-10H2,1H3. The van der Waals surface area contributed by atoms with Crippen LogP contribution in [0.15, 0.2) is 23.6 Å². The van der Waals surface area contributed by atoms with Crippen LogP contribution in [-0.2, 0) is 6.42 Å². The van der Waals surface area contributed by atoms with Crippen molar-refractivity contribution in [2.24, 2.45) is 5.92 Å². The average molecular weight is 261 g/mol. The predicted octanol–water partition coefficient (Wildman–Crippen LogP) is 3.45. The van der Waals surface area contributed by atoms with Crippen LogP contribution in [0, 0.1) is 5.92 Å². The SMILES string of the molecule is COc1c(CC2CCCNC2)ccc2sccc12. The fraction of sp³-hybridized carbons (Fsp3) is 0.467. The second kappa shape index (κ2) is 5.29. The zero-order chi connectivity index (χ0) is 12.4. The van der Waals surface area contributed by atoms with E-state index < -0.39 is 0 Å². The Hall–Kier alpha value is -1.06. The van der Waals surface area contributed by atoms with Crippen LogP contribution in [0.4, 0.5) is 0 Å². The van der Waals surface area contributed by atoms with Crippen molar-refractivity contribution >= 4 is 21.4 Å². The molecule has 1 aromatic carbocycles. The third kappa shape index (κ3) is 2.25. The van der Waals surface area contributed by atoms with Crippen molar-refractivity contribution in [3.63, 3.8) is 0 Å². The summed E-state index contributed by atoms with van der Waals surface area (Å²) in [7, 11) is 1.79. The number of nitrogens with one attached hydrogen (secondary N) is 1. The lowest BCUT2D eigenvalue weighted by atomic mass is 9.91. The van der Waals surface area contributed by atoms with Gasteiger partial charge in [-0.05, 0) is 61.3 Å². The first-order valence-corrected chi connectivity index (χ1v) is 7.50. The highest BCUT2D eigenvalue weighted by Gasteiger charge is 2.17. The Morgan fingerprint density at radius 2 is 2.33 bits per heavy atom. The van der Waals surface area contributed by atoms with Crippen LogP contribution in [0.3, 0.4) is 0 Å². The number of thiophene rings is 1. The largest absolute Gasteiger partial charge is 0.496 e. The minimum Gasteiger partial charge on any atom is -0.496 e. The number of rotatable bonds is 3. The molecule has 1 saturated heterocycles. The molecule has 96 valence electrons. The molecule has 0 amide bonds. The van der Waals surface area contributed by atoms with E-state index in [1.165, 1.54) is 35.0 Å². The maximum absolute atomic E-state index is 5.64. The first-order valence-electron chi connectivity index (χ1n) is 6.62. The van der Waals surface area contributed by atoms with Gasteiger partial charge in [0.2, 0.25) is 0 Å². The van der Waals surface area contributed by atoms with E-state index in [1.54, 1.807) is 18.4 Å². The van der Waals surface area contributed by atoms with Gasteiger partial charge in [0, 0.05) is 10.1 Å². The summed E-state index contributed by atoms with van der Waals surface area (Å²) >= 11 is 1.78. The lowest BCUT2D eigenvalue weighted by Crippen LogP contribution is -2.30. The van der Waals surface area contributed by atoms with E-state index in [0.717, 1.165) is 24.6 Å². The monoisotopic (exact) mass is 261 g/mol. The van der Waals surface area contributed by atoms with E-state index in [9.17, 15) is 0 Å². The number of hydrogen-bond acceptors (Lipinski definition) is 3. The molecule has 3 heteroatoms. The second-order valence-corrected chi connectivity index (χ2v) is 5.95. The number of benzene rings is 1. The molecule has 0 bridgehead atoms. The van der Waals surface area contributed by atoms with Crippen LogP contribution in [0.5, 0.6) is 5.75 Å². The fourth-order valence-electron chi connectivity index (χ4n) is 2.87. The summed E-state index contributed by atoms with van der Waals surface area (Å²) in [4.78, 5) is 0. The molecule has 0 saturated carbocycles. The molecule has 1 unspecified atom stereocenters. The number of fused-ring (bicyclic) bond motifs is 1. The van der Waals surface area contributed by atoms with E-state index in [1.807, 2.05) is 0 Å². The summed E-state index contributed by atoms with van der Waals surface area (Å²) in [6.45, 7) is 2.32. The highest BCUT2D eigenvalue weighted by atomic mass is 32.1. The van der Waals surface area contributed by atoms with E-state index in [0.29, 0.717) is 0 Å². The lowest BCUT2D eigenvalue weighted by Gasteiger charge is -2.23. The molecule has 1 fully saturated rings. The van der Waals surface area contributed by atoms with Gasteiger partial charge in [-0.3, -0.25) is 0 Å². The molecule has 3 rings (SSSR count). The van der Waals surface area contributed by atoms with Gasteiger partial charge in [-0.15, -0.1) is 11.3 Å². The first-order chi connectivity index (χ1) is 8.88. The minimum atomic E-state index is 0.753. The van der Waals surface area contributed by atoms with E-state index in [4.69, 9.17) is 4.74 Å². The lowest BCUT2D eigenvalue weighted by molar-refractivity contribution is 0.365. The number of hydrogen-bond donors (Lipinski definition) is 1. The molecule has 1 aliphatic heterocycles. The Morgan fingerprint density at radius 1 is 1.39 bits per heavy atom. The Morgan fingerprint density at radius 3 is 3.11 bits per heavy atom. The Balaban J connectivity index is 1.90. The normalized spacial score (nSPS) is 20.2. The van der Waals surface area contributed by atoms with E-state index in [-0.39, 0.29) is 0 Å². The Bertz CT molecular complexity index is 528. The molecule has 0 spiro atoms. The molecule has 0 radical (unpaired) electrons. The van der Waals surface area contributed by atoms with Crippen molar-refractivity contribution in [3.8, 4) is 5.75 Å². The molecular formula is C15H19NOS. The topological polar surface area (TPSA) is 21.3 Å². The summed E-state index contributed by atoms with van der Waals surface area (Å²) in [5.41, 5.74) is 1.36. The number of methoxy groups -OCH3 is 1. The smallest absolute Gasteiger partial charge is 0.130 e. The molecular weight excluding hydrogens is 242 g/mol. The minimum absolute atomic E-state index is 0.753. The molecule has 1 atom stereocenters. The zero-order valence-corrected chi connectivity index (χ0v) is 11.6. The van der Waals surface area contributed by atoms with Crippen LogP contribution in [0.2, 0.25) is 0 Å². The van der Waals surface area contributed by atoms with Crippen molar-refractivity contribution in [3.05, 3.63) is 29.1 Å². The van der Waals surface area contributed by atoms with E-state index >= 15 is 0 Å². The summed E-state index contributed by atoms with van der Waals surface area (Å²) in [6, 6.07) is 6.64. The highest BCUT2D eigenvalue weighted by Crippen LogP contribution is 2.34. The maximum atomic E-state index is 5.64. The van der Waals surface area contributed by atoms with Gasteiger partial charge in [-0.25, -0.2) is 0 Å². The number of piperidine rings is 1. The molecule has 0 aliphatic carbocycles. The molecule has 18 heavy (non-hydrogen) atoms. The van der Waals surface area contributed by atoms with Crippen LogP contribution in [0.25, 0.3) is 10.1 Å². The molecule has 1 N–H and O–H groups in total. The third-order valence-corrected chi connectivity index (χ3v) is 4.66. The maximum Gasteiger partial charge on any atom is 0.130 e. The summed E-state index contributed by atoms with van der Waals surface area (Å²) in [5.74, 6) is 1.84. The Labute approximate surface area is 112 Å². The molecule has 2 nitrogen and oxygen atoms in total. The van der Waals surface area contributed by atoms with Crippen molar-refractivity contribution in [1.82, 2.24) is 5.32 Å². The first kappa shape index (κ1) is 12.0. The quantitative estimate of drug-likeness (QED) is 0.913. The van der Waals surface area contributed by atoms with E-state index in [2.05, 4.69) is 28.9 Å². The van der Waals surface area contributed by atoms with Crippen molar-refractivity contribution in [2.75, 3.05) is 20.2 Å². The van der Waals surface area contributed by atoms with Gasteiger partial charge in [-0.2, -0.15) is 0 Å². The van der Waals surface area contributed by atoms with Crippen molar-refractivity contribution in [2.45, 2.75) is 19.3 Å². The summed E-state index contributed by atoms with van der Waals surface area (Å²) in [6.07, 6.45) is 3.76. The summed E-state index contributed by atoms with van der Waals surface area (Å²) < 4.78 is 6.96. The van der Waals surface area contributed by atoms with Crippen molar-refractivity contribution in [1.29, 1.82) is 0 Å². The van der Waals surface area contributed by atoms with Gasteiger partial charge in [-0.1, -0.05) is 6.07 Å². The average Bonchev–Trinajstić information content (AvgIpc) is 2.88. The Kier molecular flexibility index (Phi) is 3.52. The number of ether oxygens (including phenoxy) is 1. The van der Waals surface area contributed by atoms with Gasteiger partial charge in [0.1, 0.15) is 5.75 Å².